The molecule has 2 saturated heterocycles. The van der Waals surface area contributed by atoms with Gasteiger partial charge in [0.2, 0.25) is 0 Å². The van der Waals surface area contributed by atoms with E-state index < -0.39 is 0 Å². The summed E-state index contributed by atoms with van der Waals surface area (Å²) in [5.74, 6) is 0.419. The highest BCUT2D eigenvalue weighted by Gasteiger charge is 2.19. The molecular weight excluding hydrogens is 326 g/mol. The molecule has 6 nitrogen and oxygen atoms in total. The van der Waals surface area contributed by atoms with Crippen LogP contribution in [0.25, 0.3) is 0 Å². The molecular formula is C17H30ClN5O. The van der Waals surface area contributed by atoms with E-state index in [0.717, 1.165) is 26.1 Å². The van der Waals surface area contributed by atoms with Crippen molar-refractivity contribution in [1.82, 2.24) is 25.3 Å². The Morgan fingerprint density at radius 3 is 2.92 bits per heavy atom. The smallest absolute Gasteiger partial charge is 0.271 e. The van der Waals surface area contributed by atoms with Crippen LogP contribution in [0.4, 0.5) is 0 Å². The third-order valence-corrected chi connectivity index (χ3v) is 4.87. The minimum atomic E-state index is -0.0548. The fourth-order valence-corrected chi connectivity index (χ4v) is 3.55. The topological polar surface area (TPSA) is 62.2 Å². The summed E-state index contributed by atoms with van der Waals surface area (Å²) in [5, 5.41) is 10.9. The Morgan fingerprint density at radius 2 is 2.21 bits per heavy atom. The molecule has 0 radical (unpaired) electrons. The van der Waals surface area contributed by atoms with Crippen molar-refractivity contribution in [3.63, 3.8) is 0 Å². The molecule has 2 fully saturated rings. The molecule has 3 heterocycles. The van der Waals surface area contributed by atoms with Crippen molar-refractivity contribution < 1.29 is 4.79 Å². The highest BCUT2D eigenvalue weighted by molar-refractivity contribution is 5.92. The molecule has 1 aromatic rings. The van der Waals surface area contributed by atoms with Gasteiger partial charge < -0.3 is 15.5 Å². The number of nitrogens with zero attached hydrogens (tertiary/aromatic N) is 3. The van der Waals surface area contributed by atoms with Gasteiger partial charge in [-0.1, -0.05) is 6.92 Å². The summed E-state index contributed by atoms with van der Waals surface area (Å²) in [6, 6.07) is 2.20. The number of halogens is 1. The Hall–Kier alpha value is -1.11. The first-order chi connectivity index (χ1) is 11.2. The van der Waals surface area contributed by atoms with Crippen LogP contribution in [0.15, 0.2) is 12.3 Å². The molecule has 3 rings (SSSR count). The molecule has 2 atom stereocenters. The molecule has 0 aromatic carbocycles. The van der Waals surface area contributed by atoms with Crippen LogP contribution in [0.1, 0.15) is 49.1 Å². The largest absolute Gasteiger partial charge is 0.350 e. The molecule has 2 aliphatic heterocycles. The van der Waals surface area contributed by atoms with E-state index in [1.165, 1.54) is 32.4 Å². The number of aromatic nitrogens is 2. The number of carbonyl (C=O) groups is 1. The Bertz CT molecular complexity index is 509. The van der Waals surface area contributed by atoms with Crippen LogP contribution >= 0.6 is 12.4 Å². The summed E-state index contributed by atoms with van der Waals surface area (Å²) in [5.41, 5.74) is 0.531. The first kappa shape index (κ1) is 19.2. The molecule has 1 amide bonds. The number of hydrogen-bond donors (Lipinski definition) is 2. The molecule has 1 aromatic heterocycles. The van der Waals surface area contributed by atoms with Gasteiger partial charge >= 0.3 is 0 Å². The summed E-state index contributed by atoms with van der Waals surface area (Å²) in [6.45, 7) is 8.42. The number of rotatable bonds is 6. The lowest BCUT2D eigenvalue weighted by Crippen LogP contribution is -2.35. The monoisotopic (exact) mass is 355 g/mol. The Labute approximate surface area is 150 Å². The molecule has 2 aliphatic rings. The van der Waals surface area contributed by atoms with Gasteiger partial charge in [-0.2, -0.15) is 5.10 Å². The van der Waals surface area contributed by atoms with Gasteiger partial charge in [-0.15, -0.1) is 12.4 Å². The predicted molar refractivity (Wildman–Crippen MR) is 97.8 cm³/mol. The van der Waals surface area contributed by atoms with Crippen molar-refractivity contribution >= 4 is 18.3 Å². The van der Waals surface area contributed by atoms with Gasteiger partial charge in [0.25, 0.3) is 5.91 Å². The van der Waals surface area contributed by atoms with Crippen molar-refractivity contribution in [1.29, 1.82) is 0 Å². The third-order valence-electron chi connectivity index (χ3n) is 4.87. The molecule has 2 unspecified atom stereocenters. The first-order valence-corrected chi connectivity index (χ1v) is 8.99. The third kappa shape index (κ3) is 5.19. The number of hydrogen-bond acceptors (Lipinski definition) is 4. The predicted octanol–water partition coefficient (Wildman–Crippen LogP) is 1.69. The number of likely N-dealkylation sites (tertiary alicyclic amines) is 1. The maximum Gasteiger partial charge on any atom is 0.271 e. The van der Waals surface area contributed by atoms with E-state index in [9.17, 15) is 4.79 Å². The second kappa shape index (κ2) is 9.39. The van der Waals surface area contributed by atoms with E-state index in [-0.39, 0.29) is 18.3 Å². The normalized spacial score (nSPS) is 22.8. The van der Waals surface area contributed by atoms with Crippen LogP contribution in [0.2, 0.25) is 0 Å². The molecule has 0 spiro atoms. The highest BCUT2D eigenvalue weighted by Crippen LogP contribution is 2.15. The van der Waals surface area contributed by atoms with Gasteiger partial charge in [-0.25, -0.2) is 0 Å². The Morgan fingerprint density at radius 1 is 1.42 bits per heavy atom. The molecule has 0 aliphatic carbocycles. The van der Waals surface area contributed by atoms with Gasteiger partial charge in [0, 0.05) is 25.8 Å². The van der Waals surface area contributed by atoms with E-state index in [1.807, 2.05) is 16.9 Å². The van der Waals surface area contributed by atoms with Gasteiger partial charge in [0.15, 0.2) is 0 Å². The van der Waals surface area contributed by atoms with Crippen LogP contribution < -0.4 is 10.6 Å². The zero-order valence-electron chi connectivity index (χ0n) is 14.5. The number of nitrogens with one attached hydrogen (secondary N) is 2. The van der Waals surface area contributed by atoms with E-state index in [2.05, 4.69) is 27.6 Å². The van der Waals surface area contributed by atoms with Gasteiger partial charge in [-0.05, 0) is 57.3 Å². The van der Waals surface area contributed by atoms with Crippen LogP contribution in [-0.4, -0.2) is 59.9 Å². The summed E-state index contributed by atoms with van der Waals surface area (Å²) in [6.07, 6.45) is 6.85. The number of carbonyl (C=O) groups excluding carboxylic acids is 1. The molecule has 0 bridgehead atoms. The SMILES string of the molecule is CC(CNC(=O)c1ccn(C2CCCNC2)n1)CN1CCCC1.Cl. The Balaban J connectivity index is 0.00000208. The maximum atomic E-state index is 12.3. The van der Waals surface area contributed by atoms with Crippen molar-refractivity contribution in [2.45, 2.75) is 38.6 Å². The Kier molecular flexibility index (Phi) is 7.52. The molecule has 24 heavy (non-hydrogen) atoms. The fourth-order valence-electron chi connectivity index (χ4n) is 3.55. The summed E-state index contributed by atoms with van der Waals surface area (Å²) < 4.78 is 1.94. The van der Waals surface area contributed by atoms with E-state index in [1.54, 1.807) is 0 Å². The first-order valence-electron chi connectivity index (χ1n) is 8.99. The highest BCUT2D eigenvalue weighted by atomic mass is 35.5. The van der Waals surface area contributed by atoms with Crippen LogP contribution in [0.5, 0.6) is 0 Å². The summed E-state index contributed by atoms with van der Waals surface area (Å²) in [7, 11) is 0. The van der Waals surface area contributed by atoms with Gasteiger partial charge in [0.1, 0.15) is 5.69 Å². The lowest BCUT2D eigenvalue weighted by Gasteiger charge is -2.23. The van der Waals surface area contributed by atoms with Crippen LogP contribution in [0.3, 0.4) is 0 Å². The minimum absolute atomic E-state index is 0. The maximum absolute atomic E-state index is 12.3. The van der Waals surface area contributed by atoms with E-state index >= 15 is 0 Å². The van der Waals surface area contributed by atoms with E-state index in [0.29, 0.717) is 24.2 Å². The average Bonchev–Trinajstić information content (AvgIpc) is 3.25. The quantitative estimate of drug-likeness (QED) is 0.815. The molecule has 136 valence electrons. The number of amides is 1. The fraction of sp³-hybridized carbons (Fsp3) is 0.765. The molecule has 7 heteroatoms. The molecule has 2 N–H and O–H groups in total. The average molecular weight is 356 g/mol. The lowest BCUT2D eigenvalue weighted by atomic mass is 10.1. The van der Waals surface area contributed by atoms with Crippen molar-refractivity contribution in [2.24, 2.45) is 5.92 Å². The van der Waals surface area contributed by atoms with Crippen LogP contribution in [0, 0.1) is 5.92 Å². The minimum Gasteiger partial charge on any atom is -0.350 e. The summed E-state index contributed by atoms with van der Waals surface area (Å²) in [4.78, 5) is 14.8. The standard InChI is InChI=1S/C17H29N5O.ClH/c1-14(13-21-8-2-3-9-21)11-19-17(23)16-6-10-22(20-16)15-5-4-7-18-12-15;/h6,10,14-15,18H,2-5,7-9,11-13H2,1H3,(H,19,23);1H. The van der Waals surface area contributed by atoms with Crippen molar-refractivity contribution in [2.75, 3.05) is 39.3 Å². The van der Waals surface area contributed by atoms with Gasteiger partial charge in [-0.3, -0.25) is 9.48 Å². The zero-order chi connectivity index (χ0) is 16.1. The second-order valence-electron chi connectivity index (χ2n) is 7.00. The van der Waals surface area contributed by atoms with E-state index in [4.69, 9.17) is 0 Å². The zero-order valence-corrected chi connectivity index (χ0v) is 15.4. The summed E-state index contributed by atoms with van der Waals surface area (Å²) >= 11 is 0. The van der Waals surface area contributed by atoms with Crippen molar-refractivity contribution in [3.05, 3.63) is 18.0 Å². The second-order valence-corrected chi connectivity index (χ2v) is 7.00. The van der Waals surface area contributed by atoms with Crippen LogP contribution in [-0.2, 0) is 0 Å². The molecule has 0 saturated carbocycles. The van der Waals surface area contributed by atoms with Crippen molar-refractivity contribution in [3.8, 4) is 0 Å². The lowest BCUT2D eigenvalue weighted by molar-refractivity contribution is 0.0938. The number of piperidine rings is 1. The van der Waals surface area contributed by atoms with Gasteiger partial charge in [0.05, 0.1) is 6.04 Å².